The van der Waals surface area contributed by atoms with Crippen LogP contribution in [0.3, 0.4) is 0 Å². The van der Waals surface area contributed by atoms with Gasteiger partial charge in [0, 0.05) is 34.1 Å². The first-order chi connectivity index (χ1) is 19.2. The molecule has 0 spiro atoms. The van der Waals surface area contributed by atoms with Crippen molar-refractivity contribution in [2.75, 3.05) is 13.7 Å². The molecule has 0 aliphatic carbocycles. The van der Waals surface area contributed by atoms with Crippen LogP contribution in [-0.4, -0.2) is 96.6 Å². The minimum absolute atomic E-state index is 0.214. The minimum atomic E-state index is -1.83. The number of benzene rings is 1. The Hall–Kier alpha value is -4.60. The van der Waals surface area contributed by atoms with Crippen LogP contribution in [0.5, 0.6) is 11.5 Å². The van der Waals surface area contributed by atoms with E-state index in [-0.39, 0.29) is 6.42 Å². The maximum Gasteiger partial charge on any atom is 0.410 e. The summed E-state index contributed by atoms with van der Waals surface area (Å²) < 4.78 is 36.3. The molecular formula is C25H31NO15. The fourth-order valence-electron chi connectivity index (χ4n) is 3.83. The fourth-order valence-corrected chi connectivity index (χ4v) is 3.83. The van der Waals surface area contributed by atoms with E-state index in [1.807, 2.05) is 0 Å². The van der Waals surface area contributed by atoms with Crippen molar-refractivity contribution in [2.24, 2.45) is 0 Å². The number of alkyl carbamates (subject to hydrolysis) is 1. The van der Waals surface area contributed by atoms with Gasteiger partial charge in [-0.3, -0.25) is 19.2 Å². The van der Waals surface area contributed by atoms with Crippen LogP contribution >= 0.6 is 0 Å². The minimum Gasteiger partial charge on any atom is -0.504 e. The molecular weight excluding hydrogens is 554 g/mol. The lowest BCUT2D eigenvalue weighted by molar-refractivity contribution is -0.294. The predicted octanol–water partition coefficient (Wildman–Crippen LogP) is -0.00880. The Kier molecular flexibility index (Phi) is 11.7. The molecule has 1 saturated heterocycles. The molecule has 1 fully saturated rings. The summed E-state index contributed by atoms with van der Waals surface area (Å²) in [6, 6.07) is 2.35. The number of phenols is 2. The first-order valence-electron chi connectivity index (χ1n) is 12.1. The maximum atomic E-state index is 12.9. The molecule has 2 rings (SSSR count). The Bertz CT molecular complexity index is 1150. The number of rotatable bonds is 10. The van der Waals surface area contributed by atoms with E-state index in [0.29, 0.717) is 5.56 Å². The van der Waals surface area contributed by atoms with Crippen molar-refractivity contribution in [3.8, 4) is 11.5 Å². The molecule has 0 bridgehead atoms. The normalized spacial score (nSPS) is 22.3. The van der Waals surface area contributed by atoms with Gasteiger partial charge in [-0.2, -0.15) is 0 Å². The Morgan fingerprint density at radius 1 is 0.829 bits per heavy atom. The van der Waals surface area contributed by atoms with Gasteiger partial charge >= 0.3 is 35.9 Å². The monoisotopic (exact) mass is 585 g/mol. The van der Waals surface area contributed by atoms with Gasteiger partial charge in [-0.05, 0) is 17.7 Å². The van der Waals surface area contributed by atoms with E-state index in [1.165, 1.54) is 12.1 Å². The average Bonchev–Trinajstić information content (AvgIpc) is 2.86. The van der Waals surface area contributed by atoms with Crippen LogP contribution in [-0.2, 0) is 63.6 Å². The van der Waals surface area contributed by atoms with Crippen molar-refractivity contribution < 1.29 is 72.1 Å². The van der Waals surface area contributed by atoms with E-state index in [4.69, 9.17) is 33.2 Å². The van der Waals surface area contributed by atoms with Crippen LogP contribution in [0.15, 0.2) is 18.2 Å². The zero-order chi connectivity index (χ0) is 30.9. The molecule has 1 aromatic rings. The number of phenolic OH excluding ortho intramolecular Hbond substituents is 2. The summed E-state index contributed by atoms with van der Waals surface area (Å²) in [5, 5.41) is 21.5. The molecule has 1 unspecified atom stereocenters. The van der Waals surface area contributed by atoms with Crippen LogP contribution in [0.2, 0.25) is 0 Å². The van der Waals surface area contributed by atoms with E-state index in [2.05, 4.69) is 5.32 Å². The molecule has 16 nitrogen and oxygen atoms in total. The predicted molar refractivity (Wildman–Crippen MR) is 131 cm³/mol. The number of methoxy groups -OCH3 is 1. The largest absolute Gasteiger partial charge is 0.504 e. The molecule has 1 heterocycles. The molecule has 41 heavy (non-hydrogen) atoms. The molecule has 1 amide bonds. The van der Waals surface area contributed by atoms with Gasteiger partial charge in [0.2, 0.25) is 12.4 Å². The molecule has 1 aromatic carbocycles. The van der Waals surface area contributed by atoms with Gasteiger partial charge in [0.1, 0.15) is 18.8 Å². The van der Waals surface area contributed by atoms with Crippen LogP contribution in [0.4, 0.5) is 4.79 Å². The van der Waals surface area contributed by atoms with E-state index in [1.54, 1.807) is 0 Å². The quantitative estimate of drug-likeness (QED) is 0.187. The number of carbonyl (C=O) groups excluding carboxylic acids is 6. The van der Waals surface area contributed by atoms with Crippen molar-refractivity contribution in [1.29, 1.82) is 0 Å². The Morgan fingerprint density at radius 2 is 1.41 bits per heavy atom. The molecule has 0 radical (unpaired) electrons. The zero-order valence-electron chi connectivity index (χ0n) is 22.8. The van der Waals surface area contributed by atoms with Gasteiger partial charge in [-0.1, -0.05) is 6.07 Å². The highest BCUT2D eigenvalue weighted by Crippen LogP contribution is 2.30. The SMILES string of the molecule is COC(=O)[C@H](Cc1ccc(O)c(O)c1)NC(=O)OC1O[C@H](COC(C)=O)[C@@H](OC(C)=O)[C@H](OC(C)=O)[C@H]1OC(C)=O. The zero-order valence-corrected chi connectivity index (χ0v) is 22.8. The molecule has 1 aliphatic heterocycles. The van der Waals surface area contributed by atoms with Gasteiger partial charge < -0.3 is 48.7 Å². The highest BCUT2D eigenvalue weighted by Gasteiger charge is 2.54. The number of amides is 1. The maximum absolute atomic E-state index is 12.9. The number of aromatic hydroxyl groups is 2. The number of esters is 5. The number of carbonyl (C=O) groups is 6. The number of ether oxygens (including phenoxy) is 7. The molecule has 0 aromatic heterocycles. The third-order valence-corrected chi connectivity index (χ3v) is 5.43. The van der Waals surface area contributed by atoms with Crippen molar-refractivity contribution in [3.63, 3.8) is 0 Å². The summed E-state index contributed by atoms with van der Waals surface area (Å²) in [5.74, 6) is -5.16. The Balaban J connectivity index is 2.37. The first kappa shape index (κ1) is 32.6. The van der Waals surface area contributed by atoms with Gasteiger partial charge in [0.25, 0.3) is 0 Å². The second-order valence-electron chi connectivity index (χ2n) is 8.72. The smallest absolute Gasteiger partial charge is 0.410 e. The molecule has 6 atom stereocenters. The fraction of sp³-hybridized carbons (Fsp3) is 0.520. The highest BCUT2D eigenvalue weighted by molar-refractivity contribution is 5.81. The Morgan fingerprint density at radius 3 is 1.95 bits per heavy atom. The van der Waals surface area contributed by atoms with Gasteiger partial charge in [0.15, 0.2) is 23.7 Å². The van der Waals surface area contributed by atoms with Crippen molar-refractivity contribution >= 4 is 35.9 Å². The van der Waals surface area contributed by atoms with Gasteiger partial charge in [-0.15, -0.1) is 0 Å². The molecule has 3 N–H and O–H groups in total. The molecule has 0 saturated carbocycles. The second kappa shape index (κ2) is 14.7. The third kappa shape index (κ3) is 9.82. The van der Waals surface area contributed by atoms with Crippen LogP contribution in [0.25, 0.3) is 0 Å². The standard InChI is InChI=1S/C25H31NO15/c1-11(27)36-10-19-20(37-12(2)28)21(38-13(3)29)22(39-14(4)30)24(40-19)41-25(34)26-16(23(33)35-5)8-15-6-7-17(31)18(32)9-15/h6-7,9,16,19-22,24,31-32H,8,10H2,1-5H3,(H,26,34)/t16-,19+,20+,21-,22+,24?/m0/s1. The van der Waals surface area contributed by atoms with Crippen LogP contribution < -0.4 is 5.32 Å². The van der Waals surface area contributed by atoms with Gasteiger partial charge in [0.05, 0.1) is 7.11 Å². The van der Waals surface area contributed by atoms with Crippen LogP contribution in [0.1, 0.15) is 33.3 Å². The van der Waals surface area contributed by atoms with Crippen molar-refractivity contribution in [2.45, 2.75) is 70.9 Å². The van der Waals surface area contributed by atoms with Crippen LogP contribution in [0, 0.1) is 0 Å². The lowest BCUT2D eigenvalue weighted by Crippen LogP contribution is -2.63. The average molecular weight is 586 g/mol. The molecule has 226 valence electrons. The number of nitrogens with one attached hydrogen (secondary N) is 1. The molecule has 16 heteroatoms. The van der Waals surface area contributed by atoms with E-state index < -0.39 is 90.8 Å². The van der Waals surface area contributed by atoms with E-state index >= 15 is 0 Å². The summed E-state index contributed by atoms with van der Waals surface area (Å²) in [5.41, 5.74) is 0.322. The summed E-state index contributed by atoms with van der Waals surface area (Å²) in [4.78, 5) is 72.4. The van der Waals surface area contributed by atoms with Crippen molar-refractivity contribution in [3.05, 3.63) is 23.8 Å². The van der Waals surface area contributed by atoms with Crippen molar-refractivity contribution in [1.82, 2.24) is 5.32 Å². The molecule has 1 aliphatic rings. The third-order valence-electron chi connectivity index (χ3n) is 5.43. The van der Waals surface area contributed by atoms with E-state index in [0.717, 1.165) is 40.9 Å². The second-order valence-corrected chi connectivity index (χ2v) is 8.72. The lowest BCUT2D eigenvalue weighted by Gasteiger charge is -2.43. The highest BCUT2D eigenvalue weighted by atomic mass is 16.8. The first-order valence-corrected chi connectivity index (χ1v) is 12.1. The Labute approximate surface area is 233 Å². The lowest BCUT2D eigenvalue weighted by atomic mass is 9.98. The summed E-state index contributed by atoms with van der Waals surface area (Å²) in [6.45, 7) is 3.63. The number of hydrogen-bond donors (Lipinski definition) is 3. The van der Waals surface area contributed by atoms with Gasteiger partial charge in [-0.25, -0.2) is 9.59 Å². The topological polar surface area (TPSA) is 220 Å². The summed E-state index contributed by atoms with van der Waals surface area (Å²) in [6.07, 6.45) is -9.42. The summed E-state index contributed by atoms with van der Waals surface area (Å²) in [7, 11) is 1.07. The summed E-state index contributed by atoms with van der Waals surface area (Å²) >= 11 is 0. The number of hydrogen-bond acceptors (Lipinski definition) is 15. The van der Waals surface area contributed by atoms with E-state index in [9.17, 15) is 39.0 Å².